The third-order valence-corrected chi connectivity index (χ3v) is 8.52. The standard InChI is InChI=1S/C34H37N3O3/c1-2-40-31-16-8-7-15-30(31)35-33(38)26-12-9-19-37(23-26)27-17-20-36(21-18-27)34(39)32-28-13-5-3-10-24(28)22-25-11-4-6-14-29(25)32/h3-8,10-11,13-16,22,26-27H,2,9,12,17-21,23H2,1H3,(H,35,38). The van der Waals surface area contributed by atoms with E-state index in [0.29, 0.717) is 18.4 Å². The van der Waals surface area contributed by atoms with Crippen molar-refractivity contribution >= 4 is 39.0 Å². The van der Waals surface area contributed by atoms with E-state index < -0.39 is 0 Å². The number of likely N-dealkylation sites (tertiary alicyclic amines) is 2. The molecule has 40 heavy (non-hydrogen) atoms. The van der Waals surface area contributed by atoms with E-state index in [1.807, 2.05) is 60.4 Å². The van der Waals surface area contributed by atoms with Crippen LogP contribution in [0.5, 0.6) is 5.75 Å². The number of carbonyl (C=O) groups excluding carboxylic acids is 2. The predicted octanol–water partition coefficient (Wildman–Crippen LogP) is 6.35. The van der Waals surface area contributed by atoms with Gasteiger partial charge in [0.1, 0.15) is 5.75 Å². The highest BCUT2D eigenvalue weighted by atomic mass is 16.5. The first-order valence-electron chi connectivity index (χ1n) is 14.6. The molecule has 4 aromatic carbocycles. The number of nitrogens with zero attached hydrogens (tertiary/aromatic N) is 2. The molecule has 6 heteroatoms. The Hall–Kier alpha value is -3.90. The van der Waals surface area contributed by atoms with E-state index in [9.17, 15) is 9.59 Å². The van der Waals surface area contributed by atoms with Crippen molar-refractivity contribution in [2.45, 2.75) is 38.6 Å². The maximum Gasteiger partial charge on any atom is 0.255 e. The van der Waals surface area contributed by atoms with E-state index in [0.717, 1.165) is 84.7 Å². The Morgan fingerprint density at radius 2 is 1.50 bits per heavy atom. The van der Waals surface area contributed by atoms with Crippen molar-refractivity contribution in [2.24, 2.45) is 5.92 Å². The Kier molecular flexibility index (Phi) is 7.69. The molecule has 0 radical (unpaired) electrons. The number of carbonyl (C=O) groups is 2. The van der Waals surface area contributed by atoms with Crippen molar-refractivity contribution < 1.29 is 14.3 Å². The van der Waals surface area contributed by atoms with Gasteiger partial charge in [-0.1, -0.05) is 60.7 Å². The van der Waals surface area contributed by atoms with Gasteiger partial charge in [0.05, 0.1) is 23.8 Å². The Labute approximate surface area is 235 Å². The van der Waals surface area contributed by atoms with Crippen molar-refractivity contribution in [3.8, 4) is 5.75 Å². The lowest BCUT2D eigenvalue weighted by molar-refractivity contribution is -0.122. The van der Waals surface area contributed by atoms with Gasteiger partial charge in [0.25, 0.3) is 5.91 Å². The molecule has 0 saturated carbocycles. The summed E-state index contributed by atoms with van der Waals surface area (Å²) in [5.74, 6) is 0.842. The minimum absolute atomic E-state index is 0.0508. The first-order chi connectivity index (χ1) is 19.6. The van der Waals surface area contributed by atoms with Crippen LogP contribution >= 0.6 is 0 Å². The van der Waals surface area contributed by atoms with Gasteiger partial charge in [0.2, 0.25) is 5.91 Å². The number of hydrogen-bond donors (Lipinski definition) is 1. The van der Waals surface area contributed by atoms with E-state index in [1.165, 1.54) is 0 Å². The van der Waals surface area contributed by atoms with Crippen molar-refractivity contribution in [3.63, 3.8) is 0 Å². The predicted molar refractivity (Wildman–Crippen MR) is 161 cm³/mol. The molecule has 6 rings (SSSR count). The molecule has 0 aromatic heterocycles. The molecule has 0 bridgehead atoms. The molecule has 0 aliphatic carbocycles. The Bertz CT molecular complexity index is 1470. The van der Waals surface area contributed by atoms with E-state index in [1.54, 1.807) is 0 Å². The molecule has 1 N–H and O–H groups in total. The summed E-state index contributed by atoms with van der Waals surface area (Å²) < 4.78 is 5.69. The van der Waals surface area contributed by atoms with Crippen molar-refractivity contribution in [1.29, 1.82) is 0 Å². The minimum atomic E-state index is -0.0508. The summed E-state index contributed by atoms with van der Waals surface area (Å²) in [5.41, 5.74) is 1.55. The van der Waals surface area contributed by atoms with Gasteiger partial charge < -0.3 is 15.0 Å². The smallest absolute Gasteiger partial charge is 0.255 e. The van der Waals surface area contributed by atoms with Crippen LogP contribution in [-0.2, 0) is 4.79 Å². The number of ether oxygens (including phenoxy) is 1. The lowest BCUT2D eigenvalue weighted by Gasteiger charge is -2.42. The van der Waals surface area contributed by atoms with Crippen LogP contribution in [-0.4, -0.2) is 60.4 Å². The first-order valence-corrected chi connectivity index (χ1v) is 14.6. The number of amides is 2. The number of fused-ring (bicyclic) bond motifs is 2. The summed E-state index contributed by atoms with van der Waals surface area (Å²) in [6, 6.07) is 26.6. The van der Waals surface area contributed by atoms with Gasteiger partial charge in [0, 0.05) is 25.7 Å². The van der Waals surface area contributed by atoms with E-state index in [-0.39, 0.29) is 17.7 Å². The number of rotatable bonds is 6. The largest absolute Gasteiger partial charge is 0.492 e. The zero-order valence-electron chi connectivity index (χ0n) is 23.1. The fraction of sp³-hybridized carbons (Fsp3) is 0.353. The van der Waals surface area contributed by atoms with Gasteiger partial charge in [-0.15, -0.1) is 0 Å². The quantitative estimate of drug-likeness (QED) is 0.293. The van der Waals surface area contributed by atoms with E-state index >= 15 is 0 Å². The molecule has 6 nitrogen and oxygen atoms in total. The summed E-state index contributed by atoms with van der Waals surface area (Å²) >= 11 is 0. The molecule has 1 atom stereocenters. The second kappa shape index (κ2) is 11.7. The number of hydrogen-bond acceptors (Lipinski definition) is 4. The zero-order valence-corrected chi connectivity index (χ0v) is 23.1. The average Bonchev–Trinajstić information content (AvgIpc) is 3.01. The Morgan fingerprint density at radius 1 is 0.850 bits per heavy atom. The zero-order chi connectivity index (χ0) is 27.5. The molecule has 206 valence electrons. The van der Waals surface area contributed by atoms with Crippen LogP contribution in [0.3, 0.4) is 0 Å². The van der Waals surface area contributed by atoms with Gasteiger partial charge in [0.15, 0.2) is 0 Å². The van der Waals surface area contributed by atoms with Gasteiger partial charge in [-0.05, 0) is 78.9 Å². The van der Waals surface area contributed by atoms with Crippen LogP contribution in [0.2, 0.25) is 0 Å². The monoisotopic (exact) mass is 535 g/mol. The lowest BCUT2D eigenvalue weighted by atomic mass is 9.92. The highest BCUT2D eigenvalue weighted by molar-refractivity contribution is 6.18. The highest BCUT2D eigenvalue weighted by Gasteiger charge is 2.33. The normalized spacial score (nSPS) is 18.6. The van der Waals surface area contributed by atoms with Crippen LogP contribution < -0.4 is 10.1 Å². The number of piperidine rings is 2. The van der Waals surface area contributed by atoms with Crippen LogP contribution in [0.15, 0.2) is 78.9 Å². The average molecular weight is 536 g/mol. The summed E-state index contributed by atoms with van der Waals surface area (Å²) in [5, 5.41) is 7.35. The maximum atomic E-state index is 13.9. The molecular formula is C34H37N3O3. The number of para-hydroxylation sites is 2. The number of benzene rings is 4. The van der Waals surface area contributed by atoms with Crippen LogP contribution in [0.25, 0.3) is 21.5 Å². The van der Waals surface area contributed by atoms with Crippen LogP contribution in [0.4, 0.5) is 5.69 Å². The SMILES string of the molecule is CCOc1ccccc1NC(=O)C1CCCN(C2CCN(C(=O)c3c4ccccc4cc4ccccc34)CC2)C1. The molecule has 0 spiro atoms. The third-order valence-electron chi connectivity index (χ3n) is 8.52. The minimum Gasteiger partial charge on any atom is -0.492 e. The summed E-state index contributed by atoms with van der Waals surface area (Å²) in [6.07, 6.45) is 3.75. The van der Waals surface area contributed by atoms with E-state index in [2.05, 4.69) is 40.5 Å². The highest BCUT2D eigenvalue weighted by Crippen LogP contribution is 2.32. The van der Waals surface area contributed by atoms with Crippen LogP contribution in [0.1, 0.15) is 43.0 Å². The first kappa shape index (κ1) is 26.3. The molecule has 2 aliphatic rings. The summed E-state index contributed by atoms with van der Waals surface area (Å²) in [6.45, 7) is 5.73. The van der Waals surface area contributed by atoms with Crippen molar-refractivity contribution in [3.05, 3.63) is 84.4 Å². The molecule has 2 fully saturated rings. The van der Waals surface area contributed by atoms with E-state index in [4.69, 9.17) is 4.74 Å². The van der Waals surface area contributed by atoms with Gasteiger partial charge in [-0.2, -0.15) is 0 Å². The Balaban J connectivity index is 1.12. The molecule has 1 unspecified atom stereocenters. The second-order valence-electron chi connectivity index (χ2n) is 11.0. The summed E-state index contributed by atoms with van der Waals surface area (Å²) in [7, 11) is 0. The third kappa shape index (κ3) is 5.28. The molecule has 2 saturated heterocycles. The van der Waals surface area contributed by atoms with Crippen LogP contribution in [0, 0.1) is 5.92 Å². The number of nitrogens with one attached hydrogen (secondary N) is 1. The fourth-order valence-electron chi connectivity index (χ4n) is 6.47. The molecule has 2 aliphatic heterocycles. The van der Waals surface area contributed by atoms with Crippen molar-refractivity contribution in [2.75, 3.05) is 38.1 Å². The number of anilines is 1. The maximum absolute atomic E-state index is 13.9. The van der Waals surface area contributed by atoms with Crippen molar-refractivity contribution in [1.82, 2.24) is 9.80 Å². The van der Waals surface area contributed by atoms with Gasteiger partial charge in [-0.25, -0.2) is 0 Å². The topological polar surface area (TPSA) is 61.9 Å². The summed E-state index contributed by atoms with van der Waals surface area (Å²) in [4.78, 5) is 31.7. The molecule has 4 aromatic rings. The molecular weight excluding hydrogens is 498 g/mol. The lowest BCUT2D eigenvalue weighted by Crippen LogP contribution is -2.51. The van der Waals surface area contributed by atoms with Gasteiger partial charge in [-0.3, -0.25) is 14.5 Å². The van der Waals surface area contributed by atoms with Gasteiger partial charge >= 0.3 is 0 Å². The molecule has 2 amide bonds. The second-order valence-corrected chi connectivity index (χ2v) is 11.0. The Morgan fingerprint density at radius 3 is 2.20 bits per heavy atom. The molecule has 2 heterocycles. The fourth-order valence-corrected chi connectivity index (χ4v) is 6.47.